The van der Waals surface area contributed by atoms with Crippen LogP contribution in [0.1, 0.15) is 27.9 Å². The lowest BCUT2D eigenvalue weighted by Gasteiger charge is -2.25. The lowest BCUT2D eigenvalue weighted by atomic mass is 10.1. The Morgan fingerprint density at radius 2 is 2.11 bits per heavy atom. The van der Waals surface area contributed by atoms with E-state index < -0.39 is 0 Å². The van der Waals surface area contributed by atoms with Crippen molar-refractivity contribution in [2.45, 2.75) is 20.3 Å². The average molecular weight is 406 g/mol. The van der Waals surface area contributed by atoms with E-state index >= 15 is 0 Å². The molecule has 3 N–H and O–H groups in total. The van der Waals surface area contributed by atoms with E-state index in [0.717, 1.165) is 30.3 Å². The van der Waals surface area contributed by atoms with Gasteiger partial charge in [-0.1, -0.05) is 30.4 Å². The van der Waals surface area contributed by atoms with Gasteiger partial charge >= 0.3 is 0 Å². The number of aromatic nitrogens is 1. The standard InChI is InChI=1S/C18H23N5O2S2/c1-3-13-5-4-6-14(11-13)20-17(26)22-21-16(24)15-12(2)19-18(27-15)23-7-9-25-10-8-23/h4-6,11H,3,7-10H2,1-2H3,(H,21,24)(H2,20,22,26). The first-order valence-corrected chi connectivity index (χ1v) is 10.1. The number of hydrogen-bond donors (Lipinski definition) is 3. The van der Waals surface area contributed by atoms with Crippen molar-refractivity contribution in [2.24, 2.45) is 0 Å². The van der Waals surface area contributed by atoms with Gasteiger partial charge < -0.3 is 15.0 Å². The summed E-state index contributed by atoms with van der Waals surface area (Å²) in [5.41, 5.74) is 8.18. The minimum atomic E-state index is -0.254. The number of thiocarbonyl (C=S) groups is 1. The number of morpholine rings is 1. The minimum Gasteiger partial charge on any atom is -0.378 e. The zero-order chi connectivity index (χ0) is 19.2. The summed E-state index contributed by atoms with van der Waals surface area (Å²) < 4.78 is 5.36. The van der Waals surface area contributed by atoms with Gasteiger partial charge in [-0.25, -0.2) is 4.98 Å². The number of anilines is 2. The normalized spacial score (nSPS) is 13.9. The molecule has 1 aliphatic heterocycles. The third-order valence-corrected chi connectivity index (χ3v) is 5.58. The molecule has 0 unspecified atom stereocenters. The number of ether oxygens (including phenoxy) is 1. The molecule has 27 heavy (non-hydrogen) atoms. The van der Waals surface area contributed by atoms with E-state index in [1.165, 1.54) is 16.9 Å². The van der Waals surface area contributed by atoms with Crippen molar-refractivity contribution < 1.29 is 9.53 Å². The Kier molecular flexibility index (Phi) is 6.59. The summed E-state index contributed by atoms with van der Waals surface area (Å²) in [4.78, 5) is 19.7. The highest BCUT2D eigenvalue weighted by Crippen LogP contribution is 2.26. The van der Waals surface area contributed by atoms with Crippen molar-refractivity contribution in [3.05, 3.63) is 40.4 Å². The number of hydrazine groups is 1. The van der Waals surface area contributed by atoms with Crippen LogP contribution in [-0.4, -0.2) is 42.3 Å². The molecule has 1 aliphatic rings. The molecule has 0 atom stereocenters. The first kappa shape index (κ1) is 19.5. The molecular weight excluding hydrogens is 382 g/mol. The third-order valence-electron chi connectivity index (χ3n) is 4.16. The zero-order valence-electron chi connectivity index (χ0n) is 15.4. The number of thiazole rings is 1. The number of carbonyl (C=O) groups is 1. The Morgan fingerprint density at radius 3 is 2.85 bits per heavy atom. The summed E-state index contributed by atoms with van der Waals surface area (Å²) in [5.74, 6) is -0.254. The van der Waals surface area contributed by atoms with Gasteiger partial charge in [0.1, 0.15) is 4.88 Å². The zero-order valence-corrected chi connectivity index (χ0v) is 17.0. The predicted molar refractivity (Wildman–Crippen MR) is 113 cm³/mol. The second kappa shape index (κ2) is 9.12. The van der Waals surface area contributed by atoms with E-state index in [1.54, 1.807) is 0 Å². The van der Waals surface area contributed by atoms with Gasteiger partial charge in [-0.2, -0.15) is 0 Å². The van der Waals surface area contributed by atoms with Gasteiger partial charge in [0.25, 0.3) is 5.91 Å². The summed E-state index contributed by atoms with van der Waals surface area (Å²) >= 11 is 6.63. The van der Waals surface area contributed by atoms with Crippen molar-refractivity contribution in [1.29, 1.82) is 0 Å². The van der Waals surface area contributed by atoms with Gasteiger partial charge in [0, 0.05) is 18.8 Å². The van der Waals surface area contributed by atoms with Crippen LogP contribution in [-0.2, 0) is 11.2 Å². The maximum absolute atomic E-state index is 12.5. The molecule has 0 spiro atoms. The van der Waals surface area contributed by atoms with Crippen molar-refractivity contribution in [2.75, 3.05) is 36.5 Å². The van der Waals surface area contributed by atoms with Crippen LogP contribution in [0, 0.1) is 6.92 Å². The molecule has 2 heterocycles. The number of hydrogen-bond acceptors (Lipinski definition) is 6. The van der Waals surface area contributed by atoms with Gasteiger partial charge in [0.2, 0.25) is 0 Å². The van der Waals surface area contributed by atoms with Crippen molar-refractivity contribution in [3.63, 3.8) is 0 Å². The van der Waals surface area contributed by atoms with Gasteiger partial charge in [-0.15, -0.1) is 0 Å². The maximum atomic E-state index is 12.5. The summed E-state index contributed by atoms with van der Waals surface area (Å²) in [6.45, 7) is 6.87. The second-order valence-electron chi connectivity index (χ2n) is 6.10. The molecule has 0 aliphatic carbocycles. The Labute approximate surface area is 168 Å². The fraction of sp³-hybridized carbons (Fsp3) is 0.389. The summed E-state index contributed by atoms with van der Waals surface area (Å²) in [7, 11) is 0. The van der Waals surface area contributed by atoms with Crippen LogP contribution in [0.25, 0.3) is 0 Å². The SMILES string of the molecule is CCc1cccc(NC(=S)NNC(=O)c2sc(N3CCOCC3)nc2C)c1. The smallest absolute Gasteiger partial charge is 0.281 e. The van der Waals surface area contributed by atoms with Crippen LogP contribution >= 0.6 is 23.6 Å². The fourth-order valence-corrected chi connectivity index (χ4v) is 3.87. The predicted octanol–water partition coefficient (Wildman–Crippen LogP) is 2.48. The molecule has 1 aromatic carbocycles. The van der Waals surface area contributed by atoms with E-state index in [9.17, 15) is 4.79 Å². The molecule has 9 heteroatoms. The van der Waals surface area contributed by atoms with Crippen LogP contribution in [0.5, 0.6) is 0 Å². The summed E-state index contributed by atoms with van der Waals surface area (Å²) in [6, 6.07) is 7.98. The quantitative estimate of drug-likeness (QED) is 0.533. The Balaban J connectivity index is 1.55. The van der Waals surface area contributed by atoms with Crippen LogP contribution in [0.4, 0.5) is 10.8 Å². The number of nitrogens with one attached hydrogen (secondary N) is 3. The average Bonchev–Trinajstić information content (AvgIpc) is 3.09. The highest BCUT2D eigenvalue weighted by atomic mass is 32.1. The number of benzene rings is 1. The molecule has 144 valence electrons. The van der Waals surface area contributed by atoms with Gasteiger partial charge in [-0.05, 0) is 43.3 Å². The molecule has 1 saturated heterocycles. The molecule has 7 nitrogen and oxygen atoms in total. The number of rotatable bonds is 4. The second-order valence-corrected chi connectivity index (χ2v) is 7.48. The molecule has 1 fully saturated rings. The highest BCUT2D eigenvalue weighted by Gasteiger charge is 2.20. The lowest BCUT2D eigenvalue weighted by Crippen LogP contribution is -2.43. The van der Waals surface area contributed by atoms with Gasteiger partial charge in [-0.3, -0.25) is 15.6 Å². The van der Waals surface area contributed by atoms with Gasteiger partial charge in [0.05, 0.1) is 18.9 Å². The Bertz CT molecular complexity index is 818. The third kappa shape index (κ3) is 5.15. The highest BCUT2D eigenvalue weighted by molar-refractivity contribution is 7.80. The van der Waals surface area contributed by atoms with Crippen LogP contribution in [0.15, 0.2) is 24.3 Å². The van der Waals surface area contributed by atoms with Crippen LogP contribution in [0.3, 0.4) is 0 Å². The molecule has 1 amide bonds. The first-order valence-electron chi connectivity index (χ1n) is 8.83. The van der Waals surface area contributed by atoms with Crippen molar-refractivity contribution in [3.8, 4) is 0 Å². The lowest BCUT2D eigenvalue weighted by molar-refractivity contribution is 0.0947. The molecule has 0 bridgehead atoms. The van der Waals surface area contributed by atoms with E-state index in [-0.39, 0.29) is 5.91 Å². The first-order chi connectivity index (χ1) is 13.1. The fourth-order valence-electron chi connectivity index (χ4n) is 2.68. The molecule has 1 aromatic heterocycles. The molecular formula is C18H23N5O2S2. The molecule has 2 aromatic rings. The van der Waals surface area contributed by atoms with E-state index in [1.807, 2.05) is 25.1 Å². The maximum Gasteiger partial charge on any atom is 0.281 e. The van der Waals surface area contributed by atoms with Gasteiger partial charge in [0.15, 0.2) is 10.2 Å². The number of aryl methyl sites for hydroxylation is 2. The number of nitrogens with zero attached hydrogens (tertiary/aromatic N) is 2. The van der Waals surface area contributed by atoms with E-state index in [0.29, 0.717) is 28.9 Å². The summed E-state index contributed by atoms with van der Waals surface area (Å²) in [6.07, 6.45) is 0.947. The van der Waals surface area contributed by atoms with Crippen molar-refractivity contribution >= 4 is 45.4 Å². The van der Waals surface area contributed by atoms with Crippen LogP contribution < -0.4 is 21.1 Å². The Hall–Kier alpha value is -2.23. The Morgan fingerprint density at radius 1 is 1.33 bits per heavy atom. The molecule has 0 saturated carbocycles. The summed E-state index contributed by atoms with van der Waals surface area (Å²) in [5, 5.41) is 4.24. The molecule has 0 radical (unpaired) electrons. The van der Waals surface area contributed by atoms with E-state index in [4.69, 9.17) is 17.0 Å². The van der Waals surface area contributed by atoms with E-state index in [2.05, 4.69) is 39.0 Å². The minimum absolute atomic E-state index is 0.254. The van der Waals surface area contributed by atoms with Crippen LogP contribution in [0.2, 0.25) is 0 Å². The molecule has 3 rings (SSSR count). The number of carbonyl (C=O) groups excluding carboxylic acids is 1. The number of amides is 1. The topological polar surface area (TPSA) is 78.5 Å². The monoisotopic (exact) mass is 405 g/mol. The van der Waals surface area contributed by atoms with Crippen molar-refractivity contribution in [1.82, 2.24) is 15.8 Å². The largest absolute Gasteiger partial charge is 0.378 e.